The number of para-hydroxylation sites is 1. The van der Waals surface area contributed by atoms with Crippen LogP contribution < -0.4 is 10.4 Å². The van der Waals surface area contributed by atoms with Crippen LogP contribution in [0.3, 0.4) is 0 Å². The smallest absolute Gasteiger partial charge is 0.430 e. The molecule has 2 bridgehead atoms. The van der Waals surface area contributed by atoms with E-state index >= 15 is 0 Å². The highest BCUT2D eigenvalue weighted by molar-refractivity contribution is 7.99. The van der Waals surface area contributed by atoms with Gasteiger partial charge in [-0.2, -0.15) is 13.2 Å². The van der Waals surface area contributed by atoms with E-state index in [0.29, 0.717) is 5.92 Å². The fraction of sp³-hybridized carbons (Fsp3) is 0.355. The first-order valence-corrected chi connectivity index (χ1v) is 14.5. The minimum atomic E-state index is -5.19. The molecule has 0 aromatic heterocycles. The molecular weight excluding hydrogens is 553 g/mol. The third-order valence-corrected chi connectivity index (χ3v) is 8.56. The molecule has 6 nitrogen and oxygen atoms in total. The molecular formula is C31H33F3N2O4S. The van der Waals surface area contributed by atoms with Crippen LogP contribution >= 0.6 is 11.8 Å². The lowest BCUT2D eigenvalue weighted by atomic mass is 9.83. The summed E-state index contributed by atoms with van der Waals surface area (Å²) in [5, 5.41) is 12.2. The molecule has 10 heteroatoms. The van der Waals surface area contributed by atoms with Gasteiger partial charge in [-0.05, 0) is 29.8 Å². The number of anilines is 1. The van der Waals surface area contributed by atoms with Crippen LogP contribution in [0.15, 0.2) is 95.9 Å². The van der Waals surface area contributed by atoms with Crippen molar-refractivity contribution >= 4 is 29.4 Å². The Balaban J connectivity index is 0.000000493. The van der Waals surface area contributed by atoms with Crippen molar-refractivity contribution in [1.82, 2.24) is 0 Å². The molecule has 3 aromatic carbocycles. The second kappa shape index (κ2) is 13.9. The molecule has 41 heavy (non-hydrogen) atoms. The largest absolute Gasteiger partial charge is 0.542 e. The van der Waals surface area contributed by atoms with Gasteiger partial charge in [0.15, 0.2) is 12.1 Å². The SMILES string of the molecule is O=C(O[C@H]1C[N+]2(CCSc3ccccc3)CCC1CC2)C(Nc1ccccc1)c1ccccc1.O=C([O-])C(F)(F)F. The second-order valence-electron chi connectivity index (χ2n) is 10.3. The zero-order valence-corrected chi connectivity index (χ0v) is 23.3. The number of fused-ring (bicyclic) bond motifs is 3. The predicted octanol–water partition coefficient (Wildman–Crippen LogP) is 5.08. The van der Waals surface area contributed by atoms with E-state index < -0.39 is 18.2 Å². The van der Waals surface area contributed by atoms with Crippen molar-refractivity contribution in [3.8, 4) is 0 Å². The molecule has 6 rings (SSSR count). The van der Waals surface area contributed by atoms with E-state index in [0.717, 1.165) is 47.4 Å². The summed E-state index contributed by atoms with van der Waals surface area (Å²) in [5.41, 5.74) is 1.85. The Morgan fingerprint density at radius 2 is 1.46 bits per heavy atom. The highest BCUT2D eigenvalue weighted by Crippen LogP contribution is 2.37. The summed E-state index contributed by atoms with van der Waals surface area (Å²) in [6, 6.07) is 29.9. The number of nitrogens with one attached hydrogen (secondary N) is 1. The van der Waals surface area contributed by atoms with Crippen LogP contribution in [0.25, 0.3) is 0 Å². The van der Waals surface area contributed by atoms with Crippen LogP contribution in [-0.2, 0) is 14.3 Å². The molecule has 0 spiro atoms. The van der Waals surface area contributed by atoms with Gasteiger partial charge in [-0.15, -0.1) is 11.8 Å². The number of hydrogen-bond acceptors (Lipinski definition) is 6. The van der Waals surface area contributed by atoms with Gasteiger partial charge in [-0.3, -0.25) is 0 Å². The maximum absolute atomic E-state index is 13.5. The zero-order valence-electron chi connectivity index (χ0n) is 22.5. The molecule has 218 valence electrons. The number of carbonyl (C=O) groups is 2. The summed E-state index contributed by atoms with van der Waals surface area (Å²) in [6.07, 6.45) is -2.90. The molecule has 1 unspecified atom stereocenters. The minimum absolute atomic E-state index is 0.000473. The summed E-state index contributed by atoms with van der Waals surface area (Å²) in [4.78, 5) is 23.6. The number of alkyl halides is 3. The second-order valence-corrected chi connectivity index (χ2v) is 11.5. The van der Waals surface area contributed by atoms with Gasteiger partial charge >= 0.3 is 12.1 Å². The van der Waals surface area contributed by atoms with Crippen molar-refractivity contribution < 1.29 is 37.1 Å². The molecule has 3 aliphatic heterocycles. The zero-order chi connectivity index (χ0) is 29.3. The third kappa shape index (κ3) is 8.74. The number of rotatable bonds is 9. The molecule has 1 N–H and O–H groups in total. The predicted molar refractivity (Wildman–Crippen MR) is 150 cm³/mol. The van der Waals surface area contributed by atoms with Gasteiger partial charge in [0.1, 0.15) is 12.5 Å². The molecule has 0 aliphatic carbocycles. The van der Waals surface area contributed by atoms with Gasteiger partial charge in [0.05, 0.1) is 19.6 Å². The number of benzene rings is 3. The van der Waals surface area contributed by atoms with Gasteiger partial charge in [-0.1, -0.05) is 66.7 Å². The number of carboxylic acid groups (broad SMARTS) is 1. The molecule has 0 saturated carbocycles. The lowest BCUT2D eigenvalue weighted by Crippen LogP contribution is -2.65. The summed E-state index contributed by atoms with van der Waals surface area (Å²) < 4.78 is 38.9. The van der Waals surface area contributed by atoms with E-state index in [1.165, 1.54) is 18.0 Å². The van der Waals surface area contributed by atoms with Crippen molar-refractivity contribution in [1.29, 1.82) is 0 Å². The van der Waals surface area contributed by atoms with Crippen molar-refractivity contribution in [2.45, 2.75) is 36.1 Å². The Kier molecular flexibility index (Phi) is 10.3. The Hall–Kier alpha value is -3.50. The number of ether oxygens (including phenoxy) is 1. The van der Waals surface area contributed by atoms with Crippen molar-refractivity contribution in [3.63, 3.8) is 0 Å². The van der Waals surface area contributed by atoms with Crippen molar-refractivity contribution in [3.05, 3.63) is 96.6 Å². The Bertz CT molecular complexity index is 1250. The molecule has 0 radical (unpaired) electrons. The van der Waals surface area contributed by atoms with Gasteiger partial charge in [0.25, 0.3) is 0 Å². The number of carbonyl (C=O) groups excluding carboxylic acids is 2. The van der Waals surface area contributed by atoms with Crippen LogP contribution in [0.1, 0.15) is 24.4 Å². The van der Waals surface area contributed by atoms with E-state index in [-0.39, 0.29) is 12.1 Å². The minimum Gasteiger partial charge on any atom is -0.542 e. The normalized spacial score (nSPS) is 22.1. The number of piperidine rings is 3. The molecule has 3 fully saturated rings. The molecule has 3 saturated heterocycles. The standard InChI is InChI=1S/C29H33N2O2S.C2HF3O2/c32-29(28(24-10-4-1-5-11-24)30-25-12-6-2-7-13-25)33-27-22-31(18-16-23(27)17-19-31)20-21-34-26-14-8-3-9-15-26;3-2(4,5)1(6)7/h1-15,23,27-28,30H,16-22H2;(H,6,7)/q+1;/p-1/t23?,27-,28?,31?;/m0./s1. The molecule has 0 amide bonds. The van der Waals surface area contributed by atoms with Crippen LogP contribution in [0.2, 0.25) is 0 Å². The average molecular weight is 587 g/mol. The monoisotopic (exact) mass is 586 g/mol. The van der Waals surface area contributed by atoms with E-state index in [2.05, 4.69) is 35.6 Å². The number of halogens is 3. The van der Waals surface area contributed by atoms with Crippen LogP contribution in [0.5, 0.6) is 0 Å². The summed E-state index contributed by atoms with van der Waals surface area (Å²) in [6.45, 7) is 4.49. The van der Waals surface area contributed by atoms with Gasteiger partial charge in [-0.25, -0.2) is 4.79 Å². The Morgan fingerprint density at radius 3 is 2.02 bits per heavy atom. The van der Waals surface area contributed by atoms with Gasteiger partial charge < -0.3 is 24.4 Å². The van der Waals surface area contributed by atoms with Crippen molar-refractivity contribution in [2.24, 2.45) is 5.92 Å². The van der Waals surface area contributed by atoms with E-state index in [1.54, 1.807) is 0 Å². The molecule has 3 aliphatic rings. The van der Waals surface area contributed by atoms with Crippen LogP contribution in [0.4, 0.5) is 18.9 Å². The molecule has 3 aromatic rings. The Labute approximate surface area is 242 Å². The van der Waals surface area contributed by atoms with Crippen LogP contribution in [0, 0.1) is 5.92 Å². The van der Waals surface area contributed by atoms with Gasteiger partial charge in [0.2, 0.25) is 0 Å². The molecule has 3 heterocycles. The summed E-state index contributed by atoms with van der Waals surface area (Å²) >= 11 is 1.93. The fourth-order valence-electron chi connectivity index (χ4n) is 5.39. The van der Waals surface area contributed by atoms with E-state index in [1.807, 2.05) is 72.4 Å². The lowest BCUT2D eigenvalue weighted by Gasteiger charge is -2.52. The molecule has 2 atom stereocenters. The topological polar surface area (TPSA) is 78.5 Å². The third-order valence-electron chi connectivity index (χ3n) is 7.57. The number of nitrogens with zero attached hydrogens (tertiary/aromatic N) is 1. The lowest BCUT2D eigenvalue weighted by molar-refractivity contribution is -0.943. The van der Waals surface area contributed by atoms with Gasteiger partial charge in [0, 0.05) is 35.1 Å². The number of quaternary nitrogens is 1. The highest BCUT2D eigenvalue weighted by Gasteiger charge is 2.47. The van der Waals surface area contributed by atoms with E-state index in [9.17, 15) is 18.0 Å². The number of carboxylic acids is 1. The summed E-state index contributed by atoms with van der Waals surface area (Å²) in [5.74, 6) is -1.60. The summed E-state index contributed by atoms with van der Waals surface area (Å²) in [7, 11) is 0. The first-order valence-electron chi connectivity index (χ1n) is 13.5. The fourth-order valence-corrected chi connectivity index (χ4v) is 6.45. The number of esters is 1. The van der Waals surface area contributed by atoms with Crippen LogP contribution in [-0.4, -0.2) is 60.6 Å². The number of hydrogen-bond donors (Lipinski definition) is 1. The average Bonchev–Trinajstić information content (AvgIpc) is 2.98. The Morgan fingerprint density at radius 1 is 0.927 bits per heavy atom. The maximum atomic E-state index is 13.5. The highest BCUT2D eigenvalue weighted by atomic mass is 32.2. The van der Waals surface area contributed by atoms with Crippen molar-refractivity contribution in [2.75, 3.05) is 37.2 Å². The maximum Gasteiger partial charge on any atom is 0.430 e. The first kappa shape index (κ1) is 30.5. The number of thioether (sulfide) groups is 1. The first-order chi connectivity index (χ1) is 19.7. The number of aliphatic carboxylic acids is 1. The quantitative estimate of drug-likeness (QED) is 0.214. The van der Waals surface area contributed by atoms with E-state index in [4.69, 9.17) is 14.6 Å².